The first-order valence-electron chi connectivity index (χ1n) is 7.58. The summed E-state index contributed by atoms with van der Waals surface area (Å²) in [5.41, 5.74) is 4.86. The molecule has 120 valence electrons. The molecule has 3 aromatic rings. The molecule has 5 heteroatoms. The van der Waals surface area contributed by atoms with E-state index in [0.29, 0.717) is 11.3 Å². The maximum absolute atomic E-state index is 12.8. The fraction of sp³-hybridized carbons (Fsp3) is 0.105. The first-order chi connectivity index (χ1) is 11.6. The van der Waals surface area contributed by atoms with Crippen LogP contribution in [0.2, 0.25) is 0 Å². The summed E-state index contributed by atoms with van der Waals surface area (Å²) in [5, 5.41) is 3.46. The van der Waals surface area contributed by atoms with Gasteiger partial charge in [-0.2, -0.15) is 0 Å². The third-order valence-corrected chi connectivity index (χ3v) is 5.12. The normalized spacial score (nSPS) is 12.8. The SMILES string of the molecule is O=C(c1ccco1)c1cc(Br)cc2c1Nc1ccc(Br)cc1CC2. The lowest BCUT2D eigenvalue weighted by Crippen LogP contribution is -2.07. The van der Waals surface area contributed by atoms with Gasteiger partial charge in [-0.25, -0.2) is 0 Å². The highest BCUT2D eigenvalue weighted by Gasteiger charge is 2.22. The van der Waals surface area contributed by atoms with Crippen molar-refractivity contribution in [1.29, 1.82) is 0 Å². The number of aryl methyl sites for hydroxylation is 2. The first kappa shape index (κ1) is 15.7. The van der Waals surface area contributed by atoms with Gasteiger partial charge in [-0.05, 0) is 66.4 Å². The van der Waals surface area contributed by atoms with E-state index in [9.17, 15) is 4.79 Å². The molecule has 2 heterocycles. The number of rotatable bonds is 2. The van der Waals surface area contributed by atoms with Crippen molar-refractivity contribution in [3.05, 3.63) is 80.1 Å². The number of hydrogen-bond acceptors (Lipinski definition) is 3. The molecule has 0 aliphatic carbocycles. The van der Waals surface area contributed by atoms with Crippen molar-refractivity contribution < 1.29 is 9.21 Å². The quantitative estimate of drug-likeness (QED) is 0.500. The summed E-state index contributed by atoms with van der Waals surface area (Å²) < 4.78 is 7.25. The second kappa shape index (κ2) is 6.22. The molecule has 0 bridgehead atoms. The van der Waals surface area contributed by atoms with Crippen LogP contribution >= 0.6 is 31.9 Å². The smallest absolute Gasteiger partial charge is 0.230 e. The van der Waals surface area contributed by atoms with Crippen LogP contribution in [0.4, 0.5) is 11.4 Å². The van der Waals surface area contributed by atoms with Crippen molar-refractivity contribution in [3.8, 4) is 0 Å². The Morgan fingerprint density at radius 3 is 2.58 bits per heavy atom. The maximum Gasteiger partial charge on any atom is 0.230 e. The highest BCUT2D eigenvalue weighted by atomic mass is 79.9. The van der Waals surface area contributed by atoms with Gasteiger partial charge in [0.05, 0.1) is 17.5 Å². The van der Waals surface area contributed by atoms with Gasteiger partial charge in [0.1, 0.15) is 0 Å². The molecule has 0 fully saturated rings. The molecule has 3 nitrogen and oxygen atoms in total. The van der Waals surface area contributed by atoms with E-state index in [2.05, 4.69) is 49.3 Å². The minimum atomic E-state index is -0.120. The third-order valence-electron chi connectivity index (χ3n) is 4.17. The van der Waals surface area contributed by atoms with Gasteiger partial charge in [0.25, 0.3) is 0 Å². The van der Waals surface area contributed by atoms with Gasteiger partial charge in [-0.15, -0.1) is 0 Å². The second-order valence-corrected chi connectivity index (χ2v) is 7.55. The molecule has 2 aromatic carbocycles. The van der Waals surface area contributed by atoms with E-state index in [-0.39, 0.29) is 5.78 Å². The molecule has 1 aliphatic heterocycles. The van der Waals surface area contributed by atoms with Crippen molar-refractivity contribution in [3.63, 3.8) is 0 Å². The predicted molar refractivity (Wildman–Crippen MR) is 101 cm³/mol. The minimum absolute atomic E-state index is 0.120. The standard InChI is InChI=1S/C19H13Br2NO2/c20-13-5-6-16-11(8-13)3-4-12-9-14(21)10-15(18(12)22-16)19(23)17-2-1-7-24-17/h1-2,5-10,22H,3-4H2. The zero-order valence-electron chi connectivity index (χ0n) is 12.6. The van der Waals surface area contributed by atoms with Crippen LogP contribution < -0.4 is 5.32 Å². The van der Waals surface area contributed by atoms with Crippen molar-refractivity contribution in [2.75, 3.05) is 5.32 Å². The van der Waals surface area contributed by atoms with Crippen molar-refractivity contribution in [2.45, 2.75) is 12.8 Å². The molecule has 0 atom stereocenters. The van der Waals surface area contributed by atoms with Gasteiger partial charge in [0, 0.05) is 14.6 Å². The Hall–Kier alpha value is -1.85. The molecule has 0 saturated heterocycles. The number of nitrogens with one attached hydrogen (secondary N) is 1. The molecule has 1 aromatic heterocycles. The molecule has 0 saturated carbocycles. The lowest BCUT2D eigenvalue weighted by molar-refractivity contribution is 0.101. The molecule has 24 heavy (non-hydrogen) atoms. The number of carbonyl (C=O) groups is 1. The van der Waals surface area contributed by atoms with E-state index in [1.54, 1.807) is 12.1 Å². The number of furan rings is 1. The Morgan fingerprint density at radius 2 is 1.79 bits per heavy atom. The van der Waals surface area contributed by atoms with Gasteiger partial charge in [0.2, 0.25) is 5.78 Å². The Bertz CT molecular complexity index is 933. The number of fused-ring (bicyclic) bond motifs is 2. The summed E-state index contributed by atoms with van der Waals surface area (Å²) >= 11 is 7.05. The molecular weight excluding hydrogens is 434 g/mol. The zero-order valence-corrected chi connectivity index (χ0v) is 15.8. The van der Waals surface area contributed by atoms with Crippen LogP contribution in [-0.2, 0) is 12.8 Å². The molecule has 0 radical (unpaired) electrons. The van der Waals surface area contributed by atoms with Crippen LogP contribution in [0.1, 0.15) is 27.2 Å². The topological polar surface area (TPSA) is 42.2 Å². The van der Waals surface area contributed by atoms with Crippen LogP contribution in [0.3, 0.4) is 0 Å². The molecule has 0 spiro atoms. The second-order valence-electron chi connectivity index (χ2n) is 5.72. The monoisotopic (exact) mass is 445 g/mol. The summed E-state index contributed by atoms with van der Waals surface area (Å²) in [7, 11) is 0. The fourth-order valence-corrected chi connectivity index (χ4v) is 3.94. The lowest BCUT2D eigenvalue weighted by atomic mass is 9.99. The van der Waals surface area contributed by atoms with Crippen molar-refractivity contribution in [1.82, 2.24) is 0 Å². The third kappa shape index (κ3) is 2.82. The largest absolute Gasteiger partial charge is 0.461 e. The van der Waals surface area contributed by atoms with Crippen LogP contribution in [0.15, 0.2) is 62.1 Å². The average molecular weight is 447 g/mol. The van der Waals surface area contributed by atoms with Crippen molar-refractivity contribution in [2.24, 2.45) is 0 Å². The maximum atomic E-state index is 12.8. The van der Waals surface area contributed by atoms with Gasteiger partial charge in [-0.1, -0.05) is 31.9 Å². The van der Waals surface area contributed by atoms with Gasteiger partial charge in [0.15, 0.2) is 5.76 Å². The van der Waals surface area contributed by atoms with E-state index in [0.717, 1.165) is 38.7 Å². The minimum Gasteiger partial charge on any atom is -0.461 e. The van der Waals surface area contributed by atoms with Gasteiger partial charge < -0.3 is 9.73 Å². The molecule has 1 aliphatic rings. The van der Waals surface area contributed by atoms with Gasteiger partial charge >= 0.3 is 0 Å². The number of ketones is 1. The van der Waals surface area contributed by atoms with Crippen LogP contribution in [-0.4, -0.2) is 5.78 Å². The summed E-state index contributed by atoms with van der Waals surface area (Å²) in [5.74, 6) is 0.225. The highest BCUT2D eigenvalue weighted by Crippen LogP contribution is 2.36. The highest BCUT2D eigenvalue weighted by molar-refractivity contribution is 9.10. The van der Waals surface area contributed by atoms with E-state index < -0.39 is 0 Å². The summed E-state index contributed by atoms with van der Waals surface area (Å²) in [6, 6.07) is 13.5. The summed E-state index contributed by atoms with van der Waals surface area (Å²) in [6.07, 6.45) is 3.30. The van der Waals surface area contributed by atoms with E-state index in [4.69, 9.17) is 4.42 Å². The first-order valence-corrected chi connectivity index (χ1v) is 9.16. The van der Waals surface area contributed by atoms with Crippen LogP contribution in [0.25, 0.3) is 0 Å². The molecule has 1 N–H and O–H groups in total. The Labute approximate surface area is 156 Å². The van der Waals surface area contributed by atoms with Crippen molar-refractivity contribution >= 4 is 49.0 Å². The molecule has 4 rings (SSSR count). The molecule has 0 unspecified atom stereocenters. The number of carbonyl (C=O) groups excluding carboxylic acids is 1. The molecule has 0 amide bonds. The summed E-state index contributed by atoms with van der Waals surface area (Å²) in [6.45, 7) is 0. The Morgan fingerprint density at radius 1 is 1.00 bits per heavy atom. The number of hydrogen-bond donors (Lipinski definition) is 1. The zero-order chi connectivity index (χ0) is 16.7. The number of benzene rings is 2. The Kier molecular flexibility index (Phi) is 4.06. The lowest BCUT2D eigenvalue weighted by Gasteiger charge is -2.14. The van der Waals surface area contributed by atoms with E-state index in [1.807, 2.05) is 18.2 Å². The number of anilines is 2. The average Bonchev–Trinajstić information content (AvgIpc) is 3.04. The number of halogens is 2. The van der Waals surface area contributed by atoms with Gasteiger partial charge in [-0.3, -0.25) is 4.79 Å². The van der Waals surface area contributed by atoms with Crippen LogP contribution in [0.5, 0.6) is 0 Å². The van der Waals surface area contributed by atoms with Crippen LogP contribution in [0, 0.1) is 0 Å². The van der Waals surface area contributed by atoms with E-state index >= 15 is 0 Å². The summed E-state index contributed by atoms with van der Waals surface area (Å²) in [4.78, 5) is 12.8. The van der Waals surface area contributed by atoms with E-state index in [1.165, 1.54) is 11.8 Å². The Balaban J connectivity index is 1.85. The predicted octanol–water partition coefficient (Wildman–Crippen LogP) is 5.88. The molecular formula is C19H13Br2NO2. The fourth-order valence-electron chi connectivity index (χ4n) is 3.02.